The van der Waals surface area contributed by atoms with E-state index in [1.165, 1.54) is 72.0 Å². The average molecular weight is 504 g/mol. The molecule has 0 N–H and O–H groups in total. The van der Waals surface area contributed by atoms with Gasteiger partial charge in [0.15, 0.2) is 0 Å². The number of benzene rings is 5. The highest BCUT2D eigenvalue weighted by molar-refractivity contribution is 6.98. The van der Waals surface area contributed by atoms with Crippen LogP contribution in [-0.2, 0) is 5.41 Å². The van der Waals surface area contributed by atoms with Gasteiger partial charge in [0.1, 0.15) is 11.5 Å². The Kier molecular flexibility index (Phi) is 5.23. The van der Waals surface area contributed by atoms with Crippen molar-refractivity contribution >= 4 is 23.1 Å². The van der Waals surface area contributed by atoms with Crippen LogP contribution in [0, 0.1) is 27.7 Å². The molecule has 1 nitrogen and oxygen atoms in total. The van der Waals surface area contributed by atoms with Crippen LogP contribution < -0.4 is 21.1 Å². The Morgan fingerprint density at radius 2 is 1.18 bits per heavy atom. The number of hydrogen-bond donors (Lipinski definition) is 0. The van der Waals surface area contributed by atoms with E-state index in [2.05, 4.69) is 133 Å². The van der Waals surface area contributed by atoms with Gasteiger partial charge in [-0.3, -0.25) is 0 Å². The third kappa shape index (κ3) is 3.69. The van der Waals surface area contributed by atoms with Crippen molar-refractivity contribution in [3.8, 4) is 33.8 Å². The molecule has 0 spiro atoms. The molecule has 2 aliphatic heterocycles. The highest BCUT2D eigenvalue weighted by Gasteiger charge is 2.46. The fraction of sp³-hybridized carbons (Fsp3) is 0.189. The molecule has 0 atom stereocenters. The summed E-state index contributed by atoms with van der Waals surface area (Å²) >= 11 is 0. The second-order valence-corrected chi connectivity index (χ2v) is 12.2. The molecule has 0 bridgehead atoms. The van der Waals surface area contributed by atoms with E-state index in [1.807, 2.05) is 0 Å². The van der Waals surface area contributed by atoms with Gasteiger partial charge in [0.05, 0.1) is 0 Å². The van der Waals surface area contributed by atoms with Crippen LogP contribution in [0.3, 0.4) is 0 Å². The van der Waals surface area contributed by atoms with Crippen LogP contribution in [0.2, 0.25) is 0 Å². The van der Waals surface area contributed by atoms with Gasteiger partial charge in [0.25, 0.3) is 6.71 Å². The lowest BCUT2D eigenvalue weighted by Gasteiger charge is -2.43. The Hall–Kier alpha value is -4.04. The molecule has 0 saturated carbocycles. The molecule has 2 heteroatoms. The maximum Gasteiger partial charge on any atom is 0.251 e. The standard InChI is InChI=1S/C37H33BO/c1-22-15-23(2)18-27(17-22)26-11-13-33-32(21-26)38-31-10-8-7-9-30(31)37(5,6)35-29(12-14-34(39-33)36(35)38)28-19-24(3)16-25(4)20-28/h7-21H,1-6H3. The Morgan fingerprint density at radius 1 is 0.564 bits per heavy atom. The molecule has 0 saturated heterocycles. The number of hydrogen-bond acceptors (Lipinski definition) is 1. The van der Waals surface area contributed by atoms with Crippen molar-refractivity contribution < 1.29 is 4.74 Å². The summed E-state index contributed by atoms with van der Waals surface area (Å²) in [6.45, 7) is 13.6. The molecule has 39 heavy (non-hydrogen) atoms. The van der Waals surface area contributed by atoms with Gasteiger partial charge in [0.2, 0.25) is 0 Å². The fourth-order valence-electron chi connectivity index (χ4n) is 7.26. The van der Waals surface area contributed by atoms with Crippen LogP contribution in [0.15, 0.2) is 91.0 Å². The van der Waals surface area contributed by atoms with Crippen LogP contribution in [0.25, 0.3) is 22.3 Å². The van der Waals surface area contributed by atoms with E-state index in [9.17, 15) is 0 Å². The Morgan fingerprint density at radius 3 is 1.87 bits per heavy atom. The third-order valence-electron chi connectivity index (χ3n) is 8.69. The van der Waals surface area contributed by atoms with Gasteiger partial charge in [-0.2, -0.15) is 0 Å². The molecule has 2 heterocycles. The van der Waals surface area contributed by atoms with Crippen LogP contribution in [-0.4, -0.2) is 6.71 Å². The summed E-state index contributed by atoms with van der Waals surface area (Å²) in [7, 11) is 0. The van der Waals surface area contributed by atoms with Gasteiger partial charge in [-0.1, -0.05) is 120 Å². The quantitative estimate of drug-likeness (QED) is 0.222. The Balaban J connectivity index is 1.52. The van der Waals surface area contributed by atoms with Crippen LogP contribution >= 0.6 is 0 Å². The second kappa shape index (κ2) is 8.48. The summed E-state index contributed by atoms with van der Waals surface area (Å²) in [4.78, 5) is 0. The molecular weight excluding hydrogens is 471 g/mol. The van der Waals surface area contributed by atoms with Crippen molar-refractivity contribution in [1.29, 1.82) is 0 Å². The number of rotatable bonds is 2. The summed E-state index contributed by atoms with van der Waals surface area (Å²) in [5.41, 5.74) is 16.8. The van der Waals surface area contributed by atoms with Crippen LogP contribution in [0.5, 0.6) is 11.5 Å². The minimum atomic E-state index is -0.169. The first-order valence-electron chi connectivity index (χ1n) is 14.0. The van der Waals surface area contributed by atoms with Gasteiger partial charge in [-0.05, 0) is 84.1 Å². The second-order valence-electron chi connectivity index (χ2n) is 12.2. The summed E-state index contributed by atoms with van der Waals surface area (Å²) in [5, 5.41) is 0. The predicted octanol–water partition coefficient (Wildman–Crippen LogP) is 7.52. The summed E-state index contributed by atoms with van der Waals surface area (Å²) in [6, 6.07) is 34.0. The van der Waals surface area contributed by atoms with Crippen molar-refractivity contribution in [2.75, 3.05) is 0 Å². The number of ether oxygens (including phenoxy) is 1. The zero-order valence-corrected chi connectivity index (χ0v) is 23.6. The van der Waals surface area contributed by atoms with Gasteiger partial charge < -0.3 is 4.74 Å². The van der Waals surface area contributed by atoms with E-state index in [0.29, 0.717) is 0 Å². The van der Waals surface area contributed by atoms with Crippen LogP contribution in [0.4, 0.5) is 0 Å². The lowest BCUT2D eigenvalue weighted by molar-refractivity contribution is 0.484. The number of aryl methyl sites for hydroxylation is 4. The van der Waals surface area contributed by atoms with E-state index in [0.717, 1.165) is 11.5 Å². The average Bonchev–Trinajstić information content (AvgIpc) is 2.89. The molecule has 5 aromatic rings. The fourth-order valence-corrected chi connectivity index (χ4v) is 7.26. The Labute approximate surface area is 232 Å². The van der Waals surface area contributed by atoms with E-state index < -0.39 is 0 Å². The highest BCUT2D eigenvalue weighted by Crippen LogP contribution is 2.43. The maximum absolute atomic E-state index is 6.71. The van der Waals surface area contributed by atoms with Gasteiger partial charge in [0, 0.05) is 5.41 Å². The zero-order chi connectivity index (χ0) is 27.1. The lowest BCUT2D eigenvalue weighted by atomic mass is 9.30. The summed E-state index contributed by atoms with van der Waals surface area (Å²) in [5.74, 6) is 1.94. The molecule has 0 fully saturated rings. The molecule has 7 rings (SSSR count). The zero-order valence-electron chi connectivity index (χ0n) is 23.6. The van der Waals surface area contributed by atoms with Crippen molar-refractivity contribution in [2.45, 2.75) is 47.0 Å². The van der Waals surface area contributed by atoms with Gasteiger partial charge in [-0.15, -0.1) is 0 Å². The maximum atomic E-state index is 6.71. The molecule has 0 unspecified atom stereocenters. The van der Waals surface area contributed by atoms with Crippen LogP contribution in [0.1, 0.15) is 47.2 Å². The normalized spacial score (nSPS) is 14.3. The van der Waals surface area contributed by atoms with Gasteiger partial charge in [-0.25, -0.2) is 0 Å². The largest absolute Gasteiger partial charge is 0.458 e. The van der Waals surface area contributed by atoms with Crippen molar-refractivity contribution in [3.63, 3.8) is 0 Å². The van der Waals surface area contributed by atoms with Crippen molar-refractivity contribution in [3.05, 3.63) is 124 Å². The summed E-state index contributed by atoms with van der Waals surface area (Å²) < 4.78 is 6.71. The highest BCUT2D eigenvalue weighted by atomic mass is 16.5. The number of fused-ring (bicyclic) bond motifs is 4. The monoisotopic (exact) mass is 504 g/mol. The molecule has 0 aliphatic carbocycles. The molecule has 0 amide bonds. The van der Waals surface area contributed by atoms with Crippen molar-refractivity contribution in [2.24, 2.45) is 0 Å². The minimum absolute atomic E-state index is 0.125. The third-order valence-corrected chi connectivity index (χ3v) is 8.69. The first-order chi connectivity index (χ1) is 18.7. The molecule has 0 radical (unpaired) electrons. The molecule has 190 valence electrons. The summed E-state index contributed by atoms with van der Waals surface area (Å²) in [6.07, 6.45) is 0. The smallest absolute Gasteiger partial charge is 0.251 e. The molecular formula is C37H33BO. The SMILES string of the molecule is Cc1cc(C)cc(-c2ccc3c(c2)B2c4ccccc4C(C)(C)c4c(-c5cc(C)cc(C)c5)ccc(c42)O3)c1. The predicted molar refractivity (Wildman–Crippen MR) is 166 cm³/mol. The lowest BCUT2D eigenvalue weighted by Crippen LogP contribution is -2.62. The first-order valence-corrected chi connectivity index (χ1v) is 14.0. The Bertz CT molecular complexity index is 1770. The van der Waals surface area contributed by atoms with E-state index >= 15 is 0 Å². The van der Waals surface area contributed by atoms with E-state index in [1.54, 1.807) is 0 Å². The molecule has 0 aromatic heterocycles. The molecule has 2 aliphatic rings. The molecule has 5 aromatic carbocycles. The van der Waals surface area contributed by atoms with Crippen molar-refractivity contribution in [1.82, 2.24) is 0 Å². The van der Waals surface area contributed by atoms with Gasteiger partial charge >= 0.3 is 0 Å². The van der Waals surface area contributed by atoms with E-state index in [-0.39, 0.29) is 12.1 Å². The first kappa shape index (κ1) is 24.0. The minimum Gasteiger partial charge on any atom is -0.458 e. The van der Waals surface area contributed by atoms with E-state index in [4.69, 9.17) is 4.74 Å². The topological polar surface area (TPSA) is 9.23 Å².